The van der Waals surface area contributed by atoms with Gasteiger partial charge in [-0.05, 0) is 0 Å². The SMILES string of the molecule is C.C.C.C.C.C.N.NCCS(=O)(=O)O.NCCS(=O)(=O)[O-].NCCS(=O)(=O)[O-].O.O=S(=O)(O)CCO.O=S(=O)(O)CCO.O=S(=O)(O)O.O=S(=O)(O)O.O=S(=O)([O-])CCO.O=S(=O)([O-])CCO.O=S(=O)([O-])[O-].O=S(=O)=O.O=[S](O)(=[Ca])OO.[Na+].[Na+].[Na+].[Na+].[Na+].[Na+]. The molecule has 68 heteroatoms. The Morgan fingerprint density at radius 3 is 0.455 bits per heavy atom. The predicted molar refractivity (Wildman–Crippen MR) is 281 cm³/mol. The second-order valence-electron chi connectivity index (χ2n) is 9.33. The zero-order chi connectivity index (χ0) is 63.7. The first-order valence-electron chi connectivity index (χ1n) is 15.1. The van der Waals surface area contributed by atoms with Gasteiger partial charge in [0, 0.05) is 30.0 Å². The van der Waals surface area contributed by atoms with Crippen LogP contribution in [0.5, 0.6) is 0 Å². The van der Waals surface area contributed by atoms with Crippen molar-refractivity contribution in [2.24, 2.45) is 17.2 Å². The molecule has 0 aliphatic rings. The van der Waals surface area contributed by atoms with Crippen molar-refractivity contribution in [3.63, 3.8) is 0 Å². The van der Waals surface area contributed by atoms with E-state index in [1.165, 1.54) is 0 Å². The monoisotopic (exact) mass is 1650 g/mol. The quantitative estimate of drug-likeness (QED) is 0.0238. The van der Waals surface area contributed by atoms with E-state index >= 15 is 0 Å². The molecule has 0 bridgehead atoms. The summed E-state index contributed by atoms with van der Waals surface area (Å²) in [4.78, 5) is 0. The largest absolute Gasteiger partial charge is 1.00 e. The maximum atomic E-state index is 9.71. The maximum absolute atomic E-state index is 9.71. The maximum Gasteiger partial charge on any atom is 1.00 e. The molecule has 0 spiro atoms. The van der Waals surface area contributed by atoms with Crippen molar-refractivity contribution in [2.75, 3.05) is 86.3 Å². The molecule has 1 atom stereocenters. The number of hydrogen-bond donors (Lipinski definition) is 17. The fourth-order valence-corrected chi connectivity index (χ4v) is 2.68. The Morgan fingerprint density at radius 1 is 0.352 bits per heavy atom. The van der Waals surface area contributed by atoms with Gasteiger partial charge in [0.2, 0.25) is 0 Å². The van der Waals surface area contributed by atoms with Gasteiger partial charge in [-0.15, -0.1) is 12.6 Å². The van der Waals surface area contributed by atoms with Crippen LogP contribution < -0.4 is 201 Å². The summed E-state index contributed by atoms with van der Waals surface area (Å²) in [5.74, 6) is -3.81. The average Bonchev–Trinajstić information content (AvgIpc) is 3.00. The van der Waals surface area contributed by atoms with Gasteiger partial charge in [0.1, 0.15) is 0 Å². The predicted octanol–water partition coefficient (Wildman–Crippen LogP) is -28.6. The fraction of sp³-hybridized carbons (Fsp3) is 1.00. The molecule has 0 saturated carbocycles. The van der Waals surface area contributed by atoms with Gasteiger partial charge in [-0.25, -0.2) is 33.7 Å². The van der Waals surface area contributed by atoms with E-state index in [2.05, 4.69) is 4.33 Å². The summed E-state index contributed by atoms with van der Waals surface area (Å²) in [6, 6.07) is 0. The molecule has 0 aliphatic carbocycles. The van der Waals surface area contributed by atoms with Crippen LogP contribution >= 0.6 is 0 Å². The third kappa shape index (κ3) is 562. The minimum atomic E-state index is -5.17. The van der Waals surface area contributed by atoms with Crippen molar-refractivity contribution < 1.29 is 378 Å². The molecule has 0 aromatic heterocycles. The second-order valence-corrected chi connectivity index (χ2v) is 27.9. The van der Waals surface area contributed by atoms with Gasteiger partial charge in [-0.2, -0.15) is 42.1 Å². The minimum absolute atomic E-state index is 0. The van der Waals surface area contributed by atoms with Crippen LogP contribution in [0.25, 0.3) is 0 Å². The number of aliphatic hydroxyl groups excluding tert-OH is 4. The Balaban J connectivity index is -0.0000000196. The first-order chi connectivity index (χ1) is 31.7. The Morgan fingerprint density at radius 2 is 0.455 bits per heavy atom. The van der Waals surface area contributed by atoms with E-state index in [0.29, 0.717) is 0 Å². The molecule has 0 aromatic carbocycles. The summed E-state index contributed by atoms with van der Waals surface area (Å²) in [6.45, 7) is -2.45. The molecule has 526 valence electrons. The second kappa shape index (κ2) is 96.7. The molecule has 1 unspecified atom stereocenters. The van der Waals surface area contributed by atoms with Crippen molar-refractivity contribution in [3.05, 3.63) is 0 Å². The first-order valence-corrected chi connectivity index (χ1v) is 35.7. The molecule has 0 saturated heterocycles. The number of aliphatic hydroxyl groups is 4. The zero-order valence-corrected chi connectivity index (χ0v) is 66.9. The van der Waals surface area contributed by atoms with E-state index in [0.717, 1.165) is 0 Å². The van der Waals surface area contributed by atoms with Crippen LogP contribution in [0.4, 0.5) is 0 Å². The van der Waals surface area contributed by atoms with Gasteiger partial charge >= 0.3 is 265 Å². The molecule has 0 aromatic rings. The van der Waals surface area contributed by atoms with Crippen LogP contribution in [0.15, 0.2) is 0 Å². The van der Waals surface area contributed by atoms with Gasteiger partial charge in [-0.3, -0.25) is 40.3 Å². The van der Waals surface area contributed by atoms with Crippen LogP contribution in [-0.4, -0.2) is 316 Å². The van der Waals surface area contributed by atoms with Crippen LogP contribution in [0.1, 0.15) is 44.6 Å². The standard InChI is InChI=1S/3C2H7NO3S.4C2H6O4S.6CH4.Ca.H3N.6Na.4H2O4S.O3S.H2O/c7*3-1-2-7(4,5)6;;;;;;;;;;;;;;;3*1-5(2,3)4;1-4-5(2)3;1-4(2)3;/h3*1-3H2,(H,4,5,6);4*3H,1-2H2,(H,4,5,6);6*1H4;;1H3;;;;;;;3*(H2,1,2,3,4);1H,(H,2,3);;1H2/q;;;;;;;;;;;;;;;6*+1;;;;;;/p-6. The molecular formula is C20H76CaN4Na6O45S12. The topological polar surface area (TPSA) is 965 Å². The molecule has 0 fully saturated rings. The van der Waals surface area contributed by atoms with Gasteiger partial charge in [-0.1, -0.05) is 44.6 Å². The summed E-state index contributed by atoms with van der Waals surface area (Å²) >= 11 is 0.0312. The van der Waals surface area contributed by atoms with Crippen molar-refractivity contribution in [1.82, 2.24) is 6.15 Å². The first kappa shape index (κ1) is 176. The Hall–Kier alpha value is 5.53. The molecule has 0 heterocycles. The molecule has 88 heavy (non-hydrogen) atoms. The van der Waals surface area contributed by atoms with Crippen LogP contribution in [-0.2, 0) is 121 Å². The average molecular weight is 1660 g/mol. The van der Waals surface area contributed by atoms with E-state index in [1.54, 1.807) is 0 Å². The fourth-order valence-electron chi connectivity index (χ4n) is 0.892. The van der Waals surface area contributed by atoms with E-state index < -0.39 is 178 Å². The Bertz CT molecular complexity index is 2370. The Kier molecular flexibility index (Phi) is 193. The van der Waals surface area contributed by atoms with Crippen LogP contribution in [0.2, 0.25) is 0 Å². The molecular weight excluding hydrogens is 1580 g/mol. The van der Waals surface area contributed by atoms with Crippen molar-refractivity contribution in [1.29, 1.82) is 0 Å². The van der Waals surface area contributed by atoms with E-state index in [4.69, 9.17) is 126 Å². The summed E-state index contributed by atoms with van der Waals surface area (Å²) in [6.07, 6.45) is 0. The van der Waals surface area contributed by atoms with Gasteiger partial charge in [0.05, 0.1) is 107 Å². The number of rotatable bonds is 15. The van der Waals surface area contributed by atoms with Crippen molar-refractivity contribution in [2.45, 2.75) is 44.6 Å². The third-order valence-electron chi connectivity index (χ3n) is 2.61. The molecule has 49 nitrogen and oxygen atoms in total. The van der Waals surface area contributed by atoms with Crippen LogP contribution in [0.3, 0.4) is 0 Å². The smallest absolute Gasteiger partial charge is 1.00 e. The van der Waals surface area contributed by atoms with Crippen LogP contribution in [0, 0.1) is 0 Å². The van der Waals surface area contributed by atoms with Gasteiger partial charge in [0.25, 0.3) is 30.4 Å². The third-order valence-corrected chi connectivity index (χ3v) is 8.32. The molecule has 0 aliphatic heterocycles. The van der Waals surface area contributed by atoms with Gasteiger partial charge in [0.15, 0.2) is 0 Å². The molecule has 0 rings (SSSR count). The summed E-state index contributed by atoms with van der Waals surface area (Å²) in [7, 11) is -45.7. The zero-order valence-electron chi connectivity index (χ0n) is 42.9. The molecule has 24 N–H and O–H groups in total. The summed E-state index contributed by atoms with van der Waals surface area (Å²) in [5.41, 5.74) is 14.2. The number of hydrogen-bond acceptors (Lipinski definition) is 40. The van der Waals surface area contributed by atoms with Gasteiger partial charge < -0.3 is 76.6 Å². The van der Waals surface area contributed by atoms with E-state index in [9.17, 15) is 81.3 Å². The normalized spacial score (nSPS) is 10.1. The van der Waals surface area contributed by atoms with Crippen molar-refractivity contribution >= 4 is 150 Å². The number of nitrogens with two attached hydrogens (primary N) is 3. The Labute approximate surface area is 671 Å². The summed E-state index contributed by atoms with van der Waals surface area (Å²) < 4.78 is 336. The minimum Gasteiger partial charge on any atom is 1.00 e. The van der Waals surface area contributed by atoms with Crippen molar-refractivity contribution in [3.8, 4) is 0 Å². The van der Waals surface area contributed by atoms with E-state index in [1.807, 2.05) is 0 Å². The molecule has 0 amide bonds. The summed E-state index contributed by atoms with van der Waals surface area (Å²) in [5, 5.41) is 38.8. The molecule has 0 radical (unpaired) electrons. The van der Waals surface area contributed by atoms with E-state index in [-0.39, 0.29) is 292 Å².